The molecule has 0 aromatic heterocycles. The summed E-state index contributed by atoms with van der Waals surface area (Å²) < 4.78 is 0. The van der Waals surface area contributed by atoms with Gasteiger partial charge in [-0.05, 0) is 45.1 Å². The zero-order valence-electron chi connectivity index (χ0n) is 11.4. The Hall–Kier alpha value is -1.26. The summed E-state index contributed by atoms with van der Waals surface area (Å²) in [6.07, 6.45) is 2.12. The van der Waals surface area contributed by atoms with Crippen LogP contribution in [-0.4, -0.2) is 48.9 Å². The maximum absolute atomic E-state index is 12.5. The smallest absolute Gasteiger partial charge is 0.254 e. The lowest BCUT2D eigenvalue weighted by Crippen LogP contribution is -2.41. The Bertz CT molecular complexity index is 476. The van der Waals surface area contributed by atoms with Gasteiger partial charge in [0.1, 0.15) is 0 Å². The molecule has 0 radical (unpaired) electrons. The van der Waals surface area contributed by atoms with Crippen LogP contribution in [-0.2, 0) is 0 Å². The number of hydrogen-bond donors (Lipinski definition) is 1. The Morgan fingerprint density at radius 2 is 2.26 bits per heavy atom. The van der Waals surface area contributed by atoms with E-state index in [1.165, 1.54) is 0 Å². The number of likely N-dealkylation sites (N-methyl/N-ethyl adjacent to an activating group) is 1. The van der Waals surface area contributed by atoms with Crippen LogP contribution in [0.5, 0.6) is 0 Å². The van der Waals surface area contributed by atoms with Crippen molar-refractivity contribution in [1.29, 1.82) is 0 Å². The summed E-state index contributed by atoms with van der Waals surface area (Å²) in [5.74, 6) is 0.0475. The molecule has 4 nitrogen and oxygen atoms in total. The van der Waals surface area contributed by atoms with Crippen molar-refractivity contribution in [3.05, 3.63) is 28.8 Å². The summed E-state index contributed by atoms with van der Waals surface area (Å²) in [5, 5.41) is 0.439. The number of carbonyl (C=O) groups is 1. The summed E-state index contributed by atoms with van der Waals surface area (Å²) in [6.45, 7) is 1.72. The van der Waals surface area contributed by atoms with E-state index in [0.29, 0.717) is 22.3 Å². The SMILES string of the molecule is CN(C)CC1CCCN1C(=O)c1ccc(N)c(Cl)c1. The number of nitrogens with zero attached hydrogens (tertiary/aromatic N) is 2. The van der Waals surface area contributed by atoms with Gasteiger partial charge in [0.25, 0.3) is 5.91 Å². The number of likely N-dealkylation sites (tertiary alicyclic amines) is 1. The largest absolute Gasteiger partial charge is 0.398 e. The zero-order valence-corrected chi connectivity index (χ0v) is 12.2. The van der Waals surface area contributed by atoms with Crippen molar-refractivity contribution in [3.63, 3.8) is 0 Å². The molecule has 1 aromatic carbocycles. The first-order valence-electron chi connectivity index (χ1n) is 6.50. The fourth-order valence-electron chi connectivity index (χ4n) is 2.54. The minimum Gasteiger partial charge on any atom is -0.398 e. The van der Waals surface area contributed by atoms with E-state index in [1.807, 2.05) is 19.0 Å². The van der Waals surface area contributed by atoms with Crippen molar-refractivity contribution in [1.82, 2.24) is 9.80 Å². The number of hydrogen-bond acceptors (Lipinski definition) is 3. The first-order chi connectivity index (χ1) is 8.99. The van der Waals surface area contributed by atoms with Gasteiger partial charge in [0.05, 0.1) is 10.7 Å². The molecule has 2 rings (SSSR count). The molecule has 19 heavy (non-hydrogen) atoms. The number of amides is 1. The molecule has 2 N–H and O–H groups in total. The van der Waals surface area contributed by atoms with Crippen molar-refractivity contribution in [2.75, 3.05) is 32.9 Å². The third-order valence-electron chi connectivity index (χ3n) is 3.46. The zero-order chi connectivity index (χ0) is 14.0. The highest BCUT2D eigenvalue weighted by atomic mass is 35.5. The van der Waals surface area contributed by atoms with Gasteiger partial charge < -0.3 is 15.5 Å². The summed E-state index contributed by atoms with van der Waals surface area (Å²) in [4.78, 5) is 16.6. The maximum Gasteiger partial charge on any atom is 0.254 e. The van der Waals surface area contributed by atoms with Gasteiger partial charge in [0.2, 0.25) is 0 Å². The monoisotopic (exact) mass is 281 g/mol. The minimum atomic E-state index is 0.0475. The van der Waals surface area contributed by atoms with Crippen molar-refractivity contribution >= 4 is 23.2 Å². The first-order valence-corrected chi connectivity index (χ1v) is 6.87. The van der Waals surface area contributed by atoms with Gasteiger partial charge in [-0.1, -0.05) is 11.6 Å². The van der Waals surface area contributed by atoms with Crippen molar-refractivity contribution in [2.24, 2.45) is 0 Å². The average molecular weight is 282 g/mol. The molecule has 1 heterocycles. The van der Waals surface area contributed by atoms with Crippen LogP contribution < -0.4 is 5.73 Å². The van der Waals surface area contributed by atoms with Gasteiger partial charge in [-0.3, -0.25) is 4.79 Å². The fourth-order valence-corrected chi connectivity index (χ4v) is 2.72. The summed E-state index contributed by atoms with van der Waals surface area (Å²) >= 11 is 5.98. The highest BCUT2D eigenvalue weighted by molar-refractivity contribution is 6.33. The number of carbonyl (C=O) groups excluding carboxylic acids is 1. The molecule has 5 heteroatoms. The molecule has 1 fully saturated rings. The predicted molar refractivity (Wildman–Crippen MR) is 78.5 cm³/mol. The Morgan fingerprint density at radius 1 is 1.53 bits per heavy atom. The van der Waals surface area contributed by atoms with Crippen LogP contribution in [0.2, 0.25) is 5.02 Å². The third-order valence-corrected chi connectivity index (χ3v) is 3.79. The second-order valence-corrected chi connectivity index (χ2v) is 5.70. The lowest BCUT2D eigenvalue weighted by atomic mass is 10.1. The van der Waals surface area contributed by atoms with Gasteiger partial charge in [0.15, 0.2) is 0 Å². The van der Waals surface area contributed by atoms with Gasteiger partial charge in [0, 0.05) is 24.7 Å². The molecule has 0 spiro atoms. The van der Waals surface area contributed by atoms with Crippen LogP contribution >= 0.6 is 11.6 Å². The Kier molecular flexibility index (Phi) is 4.32. The molecular weight excluding hydrogens is 262 g/mol. The van der Waals surface area contributed by atoms with E-state index < -0.39 is 0 Å². The topological polar surface area (TPSA) is 49.6 Å². The van der Waals surface area contributed by atoms with Gasteiger partial charge in [-0.2, -0.15) is 0 Å². The Balaban J connectivity index is 2.16. The third kappa shape index (κ3) is 3.19. The molecule has 104 valence electrons. The normalized spacial score (nSPS) is 19.2. The molecule has 1 aliphatic rings. The maximum atomic E-state index is 12.5. The summed E-state index contributed by atoms with van der Waals surface area (Å²) in [6, 6.07) is 5.38. The lowest BCUT2D eigenvalue weighted by molar-refractivity contribution is 0.0716. The van der Waals surface area contributed by atoms with Crippen LogP contribution in [0.25, 0.3) is 0 Å². The van der Waals surface area contributed by atoms with Crippen molar-refractivity contribution in [3.8, 4) is 0 Å². The molecule has 1 aliphatic heterocycles. The van der Waals surface area contributed by atoms with Gasteiger partial charge in [-0.15, -0.1) is 0 Å². The van der Waals surface area contributed by atoms with Crippen LogP contribution in [0.4, 0.5) is 5.69 Å². The van der Waals surface area contributed by atoms with E-state index in [2.05, 4.69) is 4.90 Å². The average Bonchev–Trinajstić information content (AvgIpc) is 2.79. The van der Waals surface area contributed by atoms with E-state index in [9.17, 15) is 4.79 Å². The molecule has 1 atom stereocenters. The molecule has 1 amide bonds. The Morgan fingerprint density at radius 3 is 2.89 bits per heavy atom. The molecular formula is C14H20ClN3O. The second kappa shape index (κ2) is 5.80. The summed E-state index contributed by atoms with van der Waals surface area (Å²) in [7, 11) is 4.06. The first kappa shape index (κ1) is 14.2. The van der Waals surface area contributed by atoms with Crippen LogP contribution in [0, 0.1) is 0 Å². The van der Waals surface area contributed by atoms with E-state index in [0.717, 1.165) is 25.9 Å². The van der Waals surface area contributed by atoms with Gasteiger partial charge in [-0.25, -0.2) is 0 Å². The van der Waals surface area contributed by atoms with E-state index >= 15 is 0 Å². The number of nitrogens with two attached hydrogens (primary N) is 1. The summed E-state index contributed by atoms with van der Waals surface area (Å²) in [5.41, 5.74) is 6.79. The highest BCUT2D eigenvalue weighted by Crippen LogP contribution is 2.24. The molecule has 0 bridgehead atoms. The molecule has 0 aliphatic carbocycles. The standard InChI is InChI=1S/C14H20ClN3O/c1-17(2)9-11-4-3-7-18(11)14(19)10-5-6-13(16)12(15)8-10/h5-6,8,11H,3-4,7,9,16H2,1-2H3. The lowest BCUT2D eigenvalue weighted by Gasteiger charge is -2.27. The van der Waals surface area contributed by atoms with Crippen LogP contribution in [0.3, 0.4) is 0 Å². The Labute approximate surface area is 119 Å². The molecule has 1 aromatic rings. The number of nitrogen functional groups attached to an aromatic ring is 1. The van der Waals surface area contributed by atoms with E-state index in [4.69, 9.17) is 17.3 Å². The molecule has 1 unspecified atom stereocenters. The van der Waals surface area contributed by atoms with E-state index in [1.54, 1.807) is 18.2 Å². The number of anilines is 1. The number of halogens is 1. The fraction of sp³-hybridized carbons (Fsp3) is 0.500. The second-order valence-electron chi connectivity index (χ2n) is 5.29. The van der Waals surface area contributed by atoms with Crippen LogP contribution in [0.15, 0.2) is 18.2 Å². The van der Waals surface area contributed by atoms with E-state index in [-0.39, 0.29) is 5.91 Å². The molecule has 0 saturated carbocycles. The predicted octanol–water partition coefficient (Wildman–Crippen LogP) is 2.09. The number of benzene rings is 1. The van der Waals surface area contributed by atoms with Crippen molar-refractivity contribution < 1.29 is 4.79 Å². The van der Waals surface area contributed by atoms with Crippen molar-refractivity contribution in [2.45, 2.75) is 18.9 Å². The van der Waals surface area contributed by atoms with Crippen LogP contribution in [0.1, 0.15) is 23.2 Å². The quantitative estimate of drug-likeness (QED) is 0.863. The minimum absolute atomic E-state index is 0.0475. The highest BCUT2D eigenvalue weighted by Gasteiger charge is 2.29. The number of rotatable bonds is 3. The molecule has 1 saturated heterocycles. The van der Waals surface area contributed by atoms with Gasteiger partial charge >= 0.3 is 0 Å².